The van der Waals surface area contributed by atoms with E-state index in [1.807, 2.05) is 0 Å². The maximum atomic E-state index is 13.1. The number of primary amides is 1. The summed E-state index contributed by atoms with van der Waals surface area (Å²) in [5.41, 5.74) is 5.89. The Morgan fingerprint density at radius 1 is 1.41 bits per heavy atom. The quantitative estimate of drug-likeness (QED) is 0.838. The van der Waals surface area contributed by atoms with E-state index < -0.39 is 23.6 Å². The molecule has 5 heteroatoms. The Balaban J connectivity index is 2.19. The number of rotatable bonds is 2. The minimum atomic E-state index is -0.874. The molecule has 1 aromatic carbocycles. The van der Waals surface area contributed by atoms with E-state index in [4.69, 9.17) is 5.73 Å². The van der Waals surface area contributed by atoms with Crippen molar-refractivity contribution in [2.45, 2.75) is 12.0 Å². The highest BCUT2D eigenvalue weighted by Gasteiger charge is 2.34. The van der Waals surface area contributed by atoms with Crippen molar-refractivity contribution < 1.29 is 13.6 Å². The van der Waals surface area contributed by atoms with Crippen LogP contribution in [0, 0.1) is 18.1 Å². The zero-order valence-electron chi connectivity index (χ0n) is 9.36. The second kappa shape index (κ2) is 4.41. The minimum Gasteiger partial charge on any atom is -0.368 e. The fourth-order valence-electron chi connectivity index (χ4n) is 2.12. The SMILES string of the molecule is CN1CC(c2ccc(F)c(F)c2)[CH]C1C(N)=O. The first-order chi connectivity index (χ1) is 7.99. The van der Waals surface area contributed by atoms with Crippen LogP contribution in [0.2, 0.25) is 0 Å². The van der Waals surface area contributed by atoms with Gasteiger partial charge in [-0.3, -0.25) is 9.69 Å². The van der Waals surface area contributed by atoms with Crippen molar-refractivity contribution in [3.05, 3.63) is 41.8 Å². The lowest BCUT2D eigenvalue weighted by Crippen LogP contribution is -2.37. The molecular weight excluding hydrogens is 226 g/mol. The number of likely N-dealkylation sites (tertiary alicyclic amines) is 1. The summed E-state index contributed by atoms with van der Waals surface area (Å²) in [7, 11) is 1.77. The van der Waals surface area contributed by atoms with Crippen molar-refractivity contribution in [1.82, 2.24) is 4.90 Å². The molecular formula is C12H13F2N2O. The molecule has 1 amide bonds. The maximum absolute atomic E-state index is 13.1. The van der Waals surface area contributed by atoms with Crippen LogP contribution in [-0.2, 0) is 4.79 Å². The van der Waals surface area contributed by atoms with Crippen molar-refractivity contribution in [1.29, 1.82) is 0 Å². The van der Waals surface area contributed by atoms with Gasteiger partial charge in [-0.2, -0.15) is 0 Å². The molecule has 1 aliphatic heterocycles. The van der Waals surface area contributed by atoms with Crippen LogP contribution in [0.1, 0.15) is 11.5 Å². The molecule has 1 aliphatic rings. The first-order valence-corrected chi connectivity index (χ1v) is 5.28. The average Bonchev–Trinajstić information content (AvgIpc) is 2.64. The monoisotopic (exact) mass is 239 g/mol. The lowest BCUT2D eigenvalue weighted by atomic mass is 9.96. The Kier molecular flexibility index (Phi) is 3.11. The number of hydrogen-bond acceptors (Lipinski definition) is 2. The number of amides is 1. The van der Waals surface area contributed by atoms with Gasteiger partial charge in [0.25, 0.3) is 0 Å². The van der Waals surface area contributed by atoms with Gasteiger partial charge in [-0.05, 0) is 31.2 Å². The van der Waals surface area contributed by atoms with Gasteiger partial charge in [-0.1, -0.05) is 6.07 Å². The van der Waals surface area contributed by atoms with Gasteiger partial charge in [0.1, 0.15) is 0 Å². The number of likely N-dealkylation sites (N-methyl/N-ethyl adjacent to an activating group) is 1. The third-order valence-electron chi connectivity index (χ3n) is 3.04. The number of carbonyl (C=O) groups excluding carboxylic acids is 1. The van der Waals surface area contributed by atoms with Crippen LogP contribution in [0.25, 0.3) is 0 Å². The van der Waals surface area contributed by atoms with Gasteiger partial charge in [0.15, 0.2) is 11.6 Å². The third-order valence-corrected chi connectivity index (χ3v) is 3.04. The zero-order chi connectivity index (χ0) is 12.6. The van der Waals surface area contributed by atoms with Gasteiger partial charge in [-0.15, -0.1) is 0 Å². The molecule has 1 fully saturated rings. The Bertz CT molecular complexity index is 450. The van der Waals surface area contributed by atoms with Crippen LogP contribution in [0.15, 0.2) is 18.2 Å². The molecule has 2 rings (SSSR count). The van der Waals surface area contributed by atoms with Gasteiger partial charge in [0.05, 0.1) is 6.04 Å². The van der Waals surface area contributed by atoms with Crippen LogP contribution < -0.4 is 5.73 Å². The highest BCUT2D eigenvalue weighted by Crippen LogP contribution is 2.30. The summed E-state index contributed by atoms with van der Waals surface area (Å²) < 4.78 is 25.9. The van der Waals surface area contributed by atoms with Crippen LogP contribution in [0.5, 0.6) is 0 Å². The second-order valence-corrected chi connectivity index (χ2v) is 4.26. The van der Waals surface area contributed by atoms with E-state index >= 15 is 0 Å². The van der Waals surface area contributed by atoms with Crippen molar-refractivity contribution in [2.75, 3.05) is 13.6 Å². The third kappa shape index (κ3) is 2.29. The highest BCUT2D eigenvalue weighted by molar-refractivity contribution is 5.82. The number of nitrogens with two attached hydrogens (primary N) is 1. The predicted molar refractivity (Wildman–Crippen MR) is 59.0 cm³/mol. The number of hydrogen-bond donors (Lipinski definition) is 1. The average molecular weight is 239 g/mol. The molecule has 1 heterocycles. The number of carbonyl (C=O) groups is 1. The molecule has 3 nitrogen and oxygen atoms in total. The van der Waals surface area contributed by atoms with E-state index in [0.717, 1.165) is 12.1 Å². The first kappa shape index (κ1) is 12.0. The fourth-order valence-corrected chi connectivity index (χ4v) is 2.12. The molecule has 0 spiro atoms. The Morgan fingerprint density at radius 2 is 2.12 bits per heavy atom. The number of halogens is 2. The first-order valence-electron chi connectivity index (χ1n) is 5.28. The summed E-state index contributed by atoms with van der Waals surface area (Å²) in [5.74, 6) is -2.28. The molecule has 17 heavy (non-hydrogen) atoms. The van der Waals surface area contributed by atoms with Crippen molar-refractivity contribution in [3.63, 3.8) is 0 Å². The Hall–Kier alpha value is -1.49. The minimum absolute atomic E-state index is 0.104. The summed E-state index contributed by atoms with van der Waals surface area (Å²) in [6.45, 7) is 0.568. The van der Waals surface area contributed by atoms with E-state index in [0.29, 0.717) is 12.1 Å². The van der Waals surface area contributed by atoms with Crippen LogP contribution in [0.4, 0.5) is 8.78 Å². The lowest BCUT2D eigenvalue weighted by molar-refractivity contribution is -0.120. The molecule has 1 aromatic rings. The van der Waals surface area contributed by atoms with Crippen molar-refractivity contribution in [3.8, 4) is 0 Å². The van der Waals surface area contributed by atoms with Gasteiger partial charge in [0, 0.05) is 12.5 Å². The van der Waals surface area contributed by atoms with Crippen LogP contribution >= 0.6 is 0 Å². The van der Waals surface area contributed by atoms with E-state index in [1.54, 1.807) is 18.4 Å². The molecule has 2 atom stereocenters. The summed E-state index contributed by atoms with van der Waals surface area (Å²) in [6.07, 6.45) is 1.76. The summed E-state index contributed by atoms with van der Waals surface area (Å²) in [6, 6.07) is 3.33. The van der Waals surface area contributed by atoms with E-state index in [2.05, 4.69) is 0 Å². The van der Waals surface area contributed by atoms with Gasteiger partial charge in [-0.25, -0.2) is 8.78 Å². The van der Waals surface area contributed by atoms with E-state index in [-0.39, 0.29) is 5.92 Å². The molecule has 91 valence electrons. The predicted octanol–water partition coefficient (Wildman–Crippen LogP) is 1.05. The molecule has 0 aliphatic carbocycles. The zero-order valence-corrected chi connectivity index (χ0v) is 9.36. The van der Waals surface area contributed by atoms with Gasteiger partial charge >= 0.3 is 0 Å². The number of benzene rings is 1. The fraction of sp³-hybridized carbons (Fsp3) is 0.333. The standard InChI is InChI=1S/C12H13F2N2O/c1-16-6-8(5-11(16)12(15)17)7-2-3-9(13)10(14)4-7/h2-5,8,11H,6H2,1H3,(H2,15,17). The molecule has 1 radical (unpaired) electrons. The molecule has 0 bridgehead atoms. The summed E-state index contributed by atoms with van der Waals surface area (Å²) >= 11 is 0. The Labute approximate surface area is 98.2 Å². The topological polar surface area (TPSA) is 46.3 Å². The molecule has 0 saturated carbocycles. The van der Waals surface area contributed by atoms with E-state index in [1.165, 1.54) is 6.07 Å². The number of nitrogens with zero attached hydrogens (tertiary/aromatic N) is 1. The molecule has 0 aromatic heterocycles. The smallest absolute Gasteiger partial charge is 0.235 e. The van der Waals surface area contributed by atoms with Gasteiger partial charge < -0.3 is 5.73 Å². The molecule has 2 unspecified atom stereocenters. The second-order valence-electron chi connectivity index (χ2n) is 4.26. The highest BCUT2D eigenvalue weighted by atomic mass is 19.2. The van der Waals surface area contributed by atoms with E-state index in [9.17, 15) is 13.6 Å². The lowest BCUT2D eigenvalue weighted by Gasteiger charge is -2.14. The van der Waals surface area contributed by atoms with Crippen molar-refractivity contribution in [2.24, 2.45) is 5.73 Å². The molecule has 2 N–H and O–H groups in total. The van der Waals surface area contributed by atoms with Crippen molar-refractivity contribution >= 4 is 5.91 Å². The van der Waals surface area contributed by atoms with Crippen LogP contribution in [-0.4, -0.2) is 30.4 Å². The summed E-state index contributed by atoms with van der Waals surface area (Å²) in [4.78, 5) is 12.9. The van der Waals surface area contributed by atoms with Crippen LogP contribution in [0.3, 0.4) is 0 Å². The molecule has 1 saturated heterocycles. The maximum Gasteiger partial charge on any atom is 0.235 e. The Morgan fingerprint density at radius 3 is 2.65 bits per heavy atom. The van der Waals surface area contributed by atoms with Gasteiger partial charge in [0.2, 0.25) is 5.91 Å². The normalized spacial score (nSPS) is 25.1. The summed E-state index contributed by atoms with van der Waals surface area (Å²) in [5, 5.41) is 0. The largest absolute Gasteiger partial charge is 0.368 e.